The molecule has 0 fully saturated rings. The summed E-state index contributed by atoms with van der Waals surface area (Å²) in [6.07, 6.45) is 15.2. The zero-order chi connectivity index (χ0) is 14.1. The fraction of sp³-hybridized carbons (Fsp3) is 0.529. The highest BCUT2D eigenvalue weighted by Crippen LogP contribution is 2.17. The van der Waals surface area contributed by atoms with Crippen molar-refractivity contribution in [1.29, 1.82) is 0 Å². The van der Waals surface area contributed by atoms with Crippen LogP contribution in [0.1, 0.15) is 46.5 Å². The molecule has 0 aromatic heterocycles. The molecule has 0 unspecified atom stereocenters. The van der Waals surface area contributed by atoms with Crippen LogP contribution in [0.15, 0.2) is 47.3 Å². The van der Waals surface area contributed by atoms with Crippen LogP contribution in [0, 0.1) is 0 Å². The second-order valence-electron chi connectivity index (χ2n) is 5.11. The van der Waals surface area contributed by atoms with Crippen molar-refractivity contribution in [3.8, 4) is 0 Å². The van der Waals surface area contributed by atoms with Gasteiger partial charge in [0, 0.05) is 13.1 Å². The third kappa shape index (κ3) is 5.37. The van der Waals surface area contributed by atoms with Gasteiger partial charge in [-0.05, 0) is 37.8 Å². The maximum absolute atomic E-state index is 6.18. The summed E-state index contributed by atoms with van der Waals surface area (Å²) in [6.45, 7) is 8.55. The van der Waals surface area contributed by atoms with Crippen LogP contribution in [0.2, 0.25) is 0 Å². The van der Waals surface area contributed by atoms with Crippen LogP contribution >= 0.6 is 0 Å². The number of unbranched alkanes of at least 4 members (excludes halogenated alkanes) is 1. The van der Waals surface area contributed by atoms with E-state index >= 15 is 0 Å². The number of allylic oxidation sites excluding steroid dienone is 6. The number of hydrogen-bond donors (Lipinski definition) is 1. The smallest absolute Gasteiger partial charge is 0.0948 e. The third-order valence-corrected chi connectivity index (χ3v) is 3.42. The molecule has 2 nitrogen and oxygen atoms in total. The Labute approximate surface area is 118 Å². The summed E-state index contributed by atoms with van der Waals surface area (Å²) in [6, 6.07) is 0. The van der Waals surface area contributed by atoms with Crippen LogP contribution < -0.4 is 5.73 Å². The minimum Gasteiger partial charge on any atom is -0.386 e. The SMILES string of the molecule is CC/C=C(\N)N(CCCC)CC(C)=C1C=CC=CC1. The van der Waals surface area contributed by atoms with E-state index in [1.54, 1.807) is 0 Å². The molecule has 19 heavy (non-hydrogen) atoms. The zero-order valence-electron chi connectivity index (χ0n) is 12.7. The van der Waals surface area contributed by atoms with Crippen molar-refractivity contribution in [2.75, 3.05) is 13.1 Å². The summed E-state index contributed by atoms with van der Waals surface area (Å²) in [5.74, 6) is 0.922. The minimum atomic E-state index is 0.922. The Morgan fingerprint density at radius 2 is 2.16 bits per heavy atom. The van der Waals surface area contributed by atoms with Crippen LogP contribution in [0.25, 0.3) is 0 Å². The first-order valence-corrected chi connectivity index (χ1v) is 7.41. The van der Waals surface area contributed by atoms with Crippen LogP contribution in [0.4, 0.5) is 0 Å². The number of hydrogen-bond acceptors (Lipinski definition) is 2. The van der Waals surface area contributed by atoms with Gasteiger partial charge in [-0.1, -0.05) is 50.1 Å². The molecule has 0 aromatic carbocycles. The van der Waals surface area contributed by atoms with Gasteiger partial charge < -0.3 is 10.6 Å². The second kappa shape index (κ2) is 8.63. The highest BCUT2D eigenvalue weighted by molar-refractivity contribution is 5.33. The number of rotatable bonds is 7. The van der Waals surface area contributed by atoms with E-state index in [1.165, 1.54) is 24.0 Å². The Bertz CT molecular complexity index is 386. The van der Waals surface area contributed by atoms with E-state index in [4.69, 9.17) is 5.73 Å². The lowest BCUT2D eigenvalue weighted by atomic mass is 10.0. The van der Waals surface area contributed by atoms with Gasteiger partial charge in [-0.25, -0.2) is 0 Å². The maximum atomic E-state index is 6.18. The summed E-state index contributed by atoms with van der Waals surface area (Å²) in [7, 11) is 0. The fourth-order valence-corrected chi connectivity index (χ4v) is 2.20. The normalized spacial score (nSPS) is 17.7. The van der Waals surface area contributed by atoms with Crippen LogP contribution in [-0.4, -0.2) is 18.0 Å². The van der Waals surface area contributed by atoms with Gasteiger partial charge in [-0.3, -0.25) is 0 Å². The second-order valence-corrected chi connectivity index (χ2v) is 5.11. The summed E-state index contributed by atoms with van der Waals surface area (Å²) >= 11 is 0. The molecule has 0 aliphatic heterocycles. The van der Waals surface area contributed by atoms with Gasteiger partial charge in [-0.15, -0.1) is 0 Å². The van der Waals surface area contributed by atoms with E-state index in [9.17, 15) is 0 Å². The van der Waals surface area contributed by atoms with Crippen molar-refractivity contribution in [2.45, 2.75) is 46.5 Å². The van der Waals surface area contributed by atoms with Gasteiger partial charge in [0.2, 0.25) is 0 Å². The number of nitrogens with zero attached hydrogens (tertiary/aromatic N) is 1. The third-order valence-electron chi connectivity index (χ3n) is 3.42. The monoisotopic (exact) mass is 260 g/mol. The van der Waals surface area contributed by atoms with Crippen molar-refractivity contribution in [2.24, 2.45) is 5.73 Å². The van der Waals surface area contributed by atoms with Crippen LogP contribution in [0.3, 0.4) is 0 Å². The van der Waals surface area contributed by atoms with Crippen LogP contribution in [0.5, 0.6) is 0 Å². The highest BCUT2D eigenvalue weighted by atomic mass is 15.2. The molecule has 0 bridgehead atoms. The first kappa shape index (κ1) is 15.6. The maximum Gasteiger partial charge on any atom is 0.0948 e. The number of nitrogens with two attached hydrogens (primary N) is 1. The lowest BCUT2D eigenvalue weighted by molar-refractivity contribution is 0.357. The van der Waals surface area contributed by atoms with E-state index in [-0.39, 0.29) is 0 Å². The molecule has 1 aliphatic rings. The molecule has 2 heteroatoms. The summed E-state index contributed by atoms with van der Waals surface area (Å²) in [5, 5.41) is 0. The quantitative estimate of drug-likeness (QED) is 0.745. The van der Waals surface area contributed by atoms with Crippen molar-refractivity contribution < 1.29 is 0 Å². The highest BCUT2D eigenvalue weighted by Gasteiger charge is 2.09. The Morgan fingerprint density at radius 3 is 2.74 bits per heavy atom. The molecule has 0 saturated heterocycles. The fourth-order valence-electron chi connectivity index (χ4n) is 2.20. The lowest BCUT2D eigenvalue weighted by Crippen LogP contribution is -2.30. The van der Waals surface area contributed by atoms with Gasteiger partial charge in [-0.2, -0.15) is 0 Å². The summed E-state index contributed by atoms with van der Waals surface area (Å²) in [4.78, 5) is 2.31. The van der Waals surface area contributed by atoms with Gasteiger partial charge in [0.25, 0.3) is 0 Å². The summed E-state index contributed by atoms with van der Waals surface area (Å²) in [5.41, 5.74) is 9.02. The van der Waals surface area contributed by atoms with E-state index < -0.39 is 0 Å². The average Bonchev–Trinajstić information content (AvgIpc) is 2.44. The molecule has 0 atom stereocenters. The predicted octanol–water partition coefficient (Wildman–Crippen LogP) is 4.13. The molecular formula is C17H28N2. The van der Waals surface area contributed by atoms with Crippen molar-refractivity contribution in [1.82, 2.24) is 4.90 Å². The molecule has 1 rings (SSSR count). The van der Waals surface area contributed by atoms with E-state index in [2.05, 4.69) is 56.1 Å². The topological polar surface area (TPSA) is 29.3 Å². The molecule has 1 aliphatic carbocycles. The molecule has 0 spiro atoms. The van der Waals surface area contributed by atoms with Crippen molar-refractivity contribution in [3.63, 3.8) is 0 Å². The van der Waals surface area contributed by atoms with Crippen molar-refractivity contribution in [3.05, 3.63) is 47.3 Å². The zero-order valence-corrected chi connectivity index (χ0v) is 12.7. The molecule has 2 N–H and O–H groups in total. The molecule has 0 aromatic rings. The Balaban J connectivity index is 2.73. The molecule has 0 radical (unpaired) electrons. The van der Waals surface area contributed by atoms with Gasteiger partial charge in [0.05, 0.1) is 5.82 Å². The lowest BCUT2D eigenvalue weighted by Gasteiger charge is -2.26. The van der Waals surface area contributed by atoms with Gasteiger partial charge >= 0.3 is 0 Å². The molecule has 106 valence electrons. The molecule has 0 saturated carbocycles. The van der Waals surface area contributed by atoms with E-state index in [0.29, 0.717) is 0 Å². The van der Waals surface area contributed by atoms with Gasteiger partial charge in [0.15, 0.2) is 0 Å². The first-order chi connectivity index (χ1) is 9.19. The molecular weight excluding hydrogens is 232 g/mol. The standard InChI is InChI=1S/C17H28N2/c1-4-6-13-19(17(18)10-5-2)14-15(3)16-11-8-7-9-12-16/h7-11H,4-6,12-14,18H2,1-3H3/b16-15?,17-10+. The Hall–Kier alpha value is -1.44. The Kier molecular flexibility index (Phi) is 7.09. The van der Waals surface area contributed by atoms with Gasteiger partial charge in [0.1, 0.15) is 0 Å². The largest absolute Gasteiger partial charge is 0.386 e. The average molecular weight is 260 g/mol. The summed E-state index contributed by atoms with van der Waals surface area (Å²) < 4.78 is 0. The Morgan fingerprint density at radius 1 is 1.37 bits per heavy atom. The first-order valence-electron chi connectivity index (χ1n) is 7.41. The van der Waals surface area contributed by atoms with Crippen LogP contribution in [-0.2, 0) is 0 Å². The molecule has 0 heterocycles. The predicted molar refractivity (Wildman–Crippen MR) is 84.6 cm³/mol. The molecule has 0 amide bonds. The van der Waals surface area contributed by atoms with Crippen molar-refractivity contribution >= 4 is 0 Å². The minimum absolute atomic E-state index is 0.922. The van der Waals surface area contributed by atoms with E-state index in [1.807, 2.05) is 0 Å². The van der Waals surface area contributed by atoms with E-state index in [0.717, 1.165) is 31.8 Å².